The molecule has 1 saturated heterocycles. The van der Waals surface area contributed by atoms with E-state index in [-0.39, 0.29) is 35.5 Å². The average molecular weight is 566 g/mol. The molecule has 3 amide bonds. The van der Waals surface area contributed by atoms with Gasteiger partial charge in [0, 0.05) is 42.8 Å². The molecule has 1 aromatic heterocycles. The van der Waals surface area contributed by atoms with Crippen LogP contribution in [0.2, 0.25) is 0 Å². The number of hydrogen-bond donors (Lipinski definition) is 1. The Kier molecular flexibility index (Phi) is 7.45. The van der Waals surface area contributed by atoms with E-state index in [1.807, 2.05) is 6.07 Å². The standard InChI is InChI=1S/C29H23F4N5O3/c30-18-4-3-5-20(13-18)37(28(41)23-8-9-25(39)38(23)24-12-17(16-34)10-11-35-24)26(21-6-1-2-7-22(21)31)27(40)36-19-14-29(32,33)15-19/h1-7,10-13,19,23,26H,8-9,14-15H2,(H,36,40)/t23-,26-/m0/s1. The smallest absolute Gasteiger partial charge is 0.252 e. The fourth-order valence-electron chi connectivity index (χ4n) is 5.15. The first-order chi connectivity index (χ1) is 19.6. The molecule has 12 heteroatoms. The van der Waals surface area contributed by atoms with Crippen molar-refractivity contribution in [2.24, 2.45) is 0 Å². The molecule has 210 valence electrons. The number of nitrogens with one attached hydrogen (secondary N) is 1. The van der Waals surface area contributed by atoms with Crippen LogP contribution in [0.3, 0.4) is 0 Å². The Balaban J connectivity index is 1.61. The molecule has 2 fully saturated rings. The monoisotopic (exact) mass is 565 g/mol. The molecule has 2 heterocycles. The maximum absolute atomic E-state index is 15.2. The van der Waals surface area contributed by atoms with E-state index >= 15 is 4.39 Å². The molecule has 0 bridgehead atoms. The van der Waals surface area contributed by atoms with Crippen molar-refractivity contribution >= 4 is 29.2 Å². The summed E-state index contributed by atoms with van der Waals surface area (Å²) in [6.07, 6.45) is -0.0256. The van der Waals surface area contributed by atoms with Gasteiger partial charge < -0.3 is 5.32 Å². The van der Waals surface area contributed by atoms with Crippen LogP contribution in [0.1, 0.15) is 42.9 Å². The summed E-state index contributed by atoms with van der Waals surface area (Å²) in [6, 6.07) is 10.7. The summed E-state index contributed by atoms with van der Waals surface area (Å²) in [7, 11) is 0. The van der Waals surface area contributed by atoms with Crippen molar-refractivity contribution in [1.82, 2.24) is 10.3 Å². The van der Waals surface area contributed by atoms with E-state index in [2.05, 4.69) is 10.3 Å². The van der Waals surface area contributed by atoms with Crippen molar-refractivity contribution in [3.63, 3.8) is 0 Å². The van der Waals surface area contributed by atoms with Crippen molar-refractivity contribution in [3.05, 3.63) is 89.6 Å². The SMILES string of the molecule is N#Cc1ccnc(N2C(=O)CC[C@H]2C(=O)N(c2cccc(F)c2)[C@H](C(=O)NC2CC(F)(F)C2)c2ccccc2F)c1. The van der Waals surface area contributed by atoms with Gasteiger partial charge in [-0.1, -0.05) is 24.3 Å². The van der Waals surface area contributed by atoms with Crippen LogP contribution in [0.15, 0.2) is 66.9 Å². The number of hydrogen-bond acceptors (Lipinski definition) is 5. The van der Waals surface area contributed by atoms with Crippen LogP contribution in [0.5, 0.6) is 0 Å². The minimum Gasteiger partial charge on any atom is -0.351 e. The van der Waals surface area contributed by atoms with Crippen LogP contribution in [0.25, 0.3) is 0 Å². The molecule has 1 saturated carbocycles. The summed E-state index contributed by atoms with van der Waals surface area (Å²) >= 11 is 0. The van der Waals surface area contributed by atoms with E-state index < -0.39 is 66.2 Å². The molecule has 2 atom stereocenters. The third-order valence-electron chi connectivity index (χ3n) is 7.09. The first kappa shape index (κ1) is 27.8. The number of alkyl halides is 2. The number of anilines is 2. The highest BCUT2D eigenvalue weighted by Crippen LogP contribution is 2.39. The zero-order chi connectivity index (χ0) is 29.3. The molecule has 8 nitrogen and oxygen atoms in total. The lowest BCUT2D eigenvalue weighted by Gasteiger charge is -2.39. The van der Waals surface area contributed by atoms with Gasteiger partial charge in [0.15, 0.2) is 0 Å². The third kappa shape index (κ3) is 5.61. The lowest BCUT2D eigenvalue weighted by atomic mass is 9.87. The molecule has 2 aromatic carbocycles. The molecule has 1 aliphatic carbocycles. The van der Waals surface area contributed by atoms with E-state index in [0.717, 1.165) is 28.0 Å². The average Bonchev–Trinajstić information content (AvgIpc) is 3.32. The molecule has 41 heavy (non-hydrogen) atoms. The highest BCUT2D eigenvalue weighted by Gasteiger charge is 2.48. The predicted molar refractivity (Wildman–Crippen MR) is 139 cm³/mol. The second-order valence-corrected chi connectivity index (χ2v) is 9.91. The zero-order valence-corrected chi connectivity index (χ0v) is 21.4. The number of carbonyl (C=O) groups excluding carboxylic acids is 3. The first-order valence-corrected chi connectivity index (χ1v) is 12.8. The highest BCUT2D eigenvalue weighted by atomic mass is 19.3. The quantitative estimate of drug-likeness (QED) is 0.427. The van der Waals surface area contributed by atoms with E-state index in [4.69, 9.17) is 0 Å². The Labute approximate surface area is 232 Å². The molecule has 1 N–H and O–H groups in total. The summed E-state index contributed by atoms with van der Waals surface area (Å²) < 4.78 is 56.8. The summed E-state index contributed by atoms with van der Waals surface area (Å²) in [5.41, 5.74) is -0.187. The molecule has 2 aliphatic rings. The van der Waals surface area contributed by atoms with Crippen molar-refractivity contribution < 1.29 is 31.9 Å². The van der Waals surface area contributed by atoms with Gasteiger partial charge in [-0.05, 0) is 42.8 Å². The Morgan fingerprint density at radius 3 is 2.54 bits per heavy atom. The predicted octanol–water partition coefficient (Wildman–Crippen LogP) is 4.42. The molecule has 1 aliphatic heterocycles. The van der Waals surface area contributed by atoms with E-state index in [1.165, 1.54) is 48.7 Å². The Hall–Kier alpha value is -4.79. The number of benzene rings is 2. The number of nitrogens with zero attached hydrogens (tertiary/aromatic N) is 4. The largest absolute Gasteiger partial charge is 0.351 e. The fraction of sp³-hybridized carbons (Fsp3) is 0.276. The highest BCUT2D eigenvalue weighted by molar-refractivity contribution is 6.10. The fourth-order valence-corrected chi connectivity index (χ4v) is 5.15. The zero-order valence-electron chi connectivity index (χ0n) is 21.4. The van der Waals surface area contributed by atoms with Crippen LogP contribution in [0.4, 0.5) is 29.1 Å². The van der Waals surface area contributed by atoms with E-state index in [1.54, 1.807) is 0 Å². The molecular formula is C29H23F4N5O3. The lowest BCUT2D eigenvalue weighted by molar-refractivity contribution is -0.133. The van der Waals surface area contributed by atoms with Crippen LogP contribution in [-0.2, 0) is 14.4 Å². The molecular weight excluding hydrogens is 542 g/mol. The van der Waals surface area contributed by atoms with Gasteiger partial charge in [0.25, 0.3) is 11.8 Å². The summed E-state index contributed by atoms with van der Waals surface area (Å²) in [6.45, 7) is 0. The second kappa shape index (κ2) is 11.0. The third-order valence-corrected chi connectivity index (χ3v) is 7.09. The maximum Gasteiger partial charge on any atom is 0.252 e. The number of halogens is 4. The number of pyridine rings is 1. The van der Waals surface area contributed by atoms with Gasteiger partial charge in [-0.3, -0.25) is 24.2 Å². The Morgan fingerprint density at radius 2 is 1.85 bits per heavy atom. The van der Waals surface area contributed by atoms with Gasteiger partial charge >= 0.3 is 0 Å². The minimum atomic E-state index is -2.96. The minimum absolute atomic E-state index is 0.0115. The summed E-state index contributed by atoms with van der Waals surface area (Å²) in [5, 5.41) is 11.8. The van der Waals surface area contributed by atoms with Crippen LogP contribution < -0.4 is 15.1 Å². The van der Waals surface area contributed by atoms with Gasteiger partial charge in [0.1, 0.15) is 29.5 Å². The number of amides is 3. The summed E-state index contributed by atoms with van der Waals surface area (Å²) in [5.74, 6) is -6.83. The van der Waals surface area contributed by atoms with Gasteiger partial charge in [-0.2, -0.15) is 5.26 Å². The van der Waals surface area contributed by atoms with Crippen molar-refractivity contribution in [2.75, 3.05) is 9.80 Å². The topological polar surface area (TPSA) is 106 Å². The van der Waals surface area contributed by atoms with Gasteiger partial charge in [-0.15, -0.1) is 0 Å². The number of carbonyl (C=O) groups is 3. The molecule has 0 unspecified atom stereocenters. The van der Waals surface area contributed by atoms with Crippen molar-refractivity contribution in [1.29, 1.82) is 5.26 Å². The van der Waals surface area contributed by atoms with Crippen LogP contribution >= 0.6 is 0 Å². The van der Waals surface area contributed by atoms with Gasteiger partial charge in [-0.25, -0.2) is 22.5 Å². The number of rotatable bonds is 7. The molecule has 3 aromatic rings. The van der Waals surface area contributed by atoms with Gasteiger partial charge in [0.2, 0.25) is 11.8 Å². The van der Waals surface area contributed by atoms with Gasteiger partial charge in [0.05, 0.1) is 11.6 Å². The number of nitriles is 1. The first-order valence-electron chi connectivity index (χ1n) is 12.8. The number of aromatic nitrogens is 1. The summed E-state index contributed by atoms with van der Waals surface area (Å²) in [4.78, 5) is 47.1. The Morgan fingerprint density at radius 1 is 1.10 bits per heavy atom. The Bertz CT molecular complexity index is 1550. The maximum atomic E-state index is 15.2. The molecule has 5 rings (SSSR count). The second-order valence-electron chi connectivity index (χ2n) is 9.91. The lowest BCUT2D eigenvalue weighted by Crippen LogP contribution is -2.56. The van der Waals surface area contributed by atoms with E-state index in [0.29, 0.717) is 0 Å². The molecule has 0 radical (unpaired) electrons. The molecule has 0 spiro atoms. The van der Waals surface area contributed by atoms with Crippen molar-refractivity contribution in [3.8, 4) is 6.07 Å². The van der Waals surface area contributed by atoms with Crippen LogP contribution in [0, 0.1) is 23.0 Å². The normalized spacial score (nSPS) is 18.8. The van der Waals surface area contributed by atoms with E-state index in [9.17, 15) is 32.8 Å². The van der Waals surface area contributed by atoms with Crippen molar-refractivity contribution in [2.45, 2.75) is 49.7 Å². The van der Waals surface area contributed by atoms with Crippen LogP contribution in [-0.4, -0.2) is 40.7 Å².